The van der Waals surface area contributed by atoms with Gasteiger partial charge in [-0.3, -0.25) is 0 Å². The van der Waals surface area contributed by atoms with Gasteiger partial charge in [0.15, 0.2) is 0 Å². The molecule has 1 aliphatic heterocycles. The molecule has 0 amide bonds. The Hall–Kier alpha value is -1.35. The Bertz CT molecular complexity index is 332. The molecule has 1 fully saturated rings. The minimum Gasteiger partial charge on any atom is -0.372 e. The molecule has 20 heavy (non-hydrogen) atoms. The highest BCUT2D eigenvalue weighted by Gasteiger charge is 2.20. The van der Waals surface area contributed by atoms with Crippen LogP contribution in [0.3, 0.4) is 0 Å². The van der Waals surface area contributed by atoms with Crippen LogP contribution in [0.15, 0.2) is 30.3 Å². The van der Waals surface area contributed by atoms with Crippen molar-refractivity contribution in [2.75, 3.05) is 32.1 Å². The maximum atomic E-state index is 8.81. The molecular formula is C17H30N2O. The Morgan fingerprint density at radius 3 is 2.05 bits per heavy atom. The van der Waals surface area contributed by atoms with Crippen LogP contribution in [0.1, 0.15) is 33.6 Å². The predicted octanol–water partition coefficient (Wildman–Crippen LogP) is 3.45. The lowest BCUT2D eigenvalue weighted by molar-refractivity contribution is -0.106. The molecule has 0 aliphatic carbocycles. The first kappa shape index (κ1) is 18.7. The summed E-state index contributed by atoms with van der Waals surface area (Å²) in [5, 5.41) is 0. The van der Waals surface area contributed by atoms with Crippen molar-refractivity contribution in [1.29, 1.82) is 0 Å². The summed E-state index contributed by atoms with van der Waals surface area (Å²) in [6, 6.07) is 11.4. The van der Waals surface area contributed by atoms with Crippen LogP contribution in [-0.4, -0.2) is 44.4 Å². The monoisotopic (exact) mass is 278 g/mol. The summed E-state index contributed by atoms with van der Waals surface area (Å²) in [4.78, 5) is 13.6. The fourth-order valence-corrected chi connectivity index (χ4v) is 2.26. The van der Waals surface area contributed by atoms with Gasteiger partial charge in [-0.05, 0) is 52.0 Å². The van der Waals surface area contributed by atoms with Gasteiger partial charge >= 0.3 is 0 Å². The standard InChI is InChI=1S/C13H20N2.C2H4O.C2H6/c1-14-10-8-13(9-11-14)15(2)12-6-4-3-5-7-12;1-2-3;1-2/h3-7,13H,8-11H2,1-2H3;2H,1H3;1-2H3. The molecule has 0 saturated carbocycles. The van der Waals surface area contributed by atoms with Crippen molar-refractivity contribution in [2.45, 2.75) is 39.7 Å². The maximum absolute atomic E-state index is 8.81. The lowest BCUT2D eigenvalue weighted by Gasteiger charge is -2.36. The van der Waals surface area contributed by atoms with Gasteiger partial charge in [0.1, 0.15) is 6.29 Å². The van der Waals surface area contributed by atoms with Crippen molar-refractivity contribution in [2.24, 2.45) is 0 Å². The second kappa shape index (κ2) is 11.5. The number of aldehydes is 1. The second-order valence-electron chi connectivity index (χ2n) is 4.72. The Labute approximate surface area is 124 Å². The molecule has 1 aromatic carbocycles. The van der Waals surface area contributed by atoms with E-state index < -0.39 is 0 Å². The van der Waals surface area contributed by atoms with Crippen LogP contribution < -0.4 is 4.90 Å². The molecular weight excluding hydrogens is 248 g/mol. The number of rotatable bonds is 2. The highest BCUT2D eigenvalue weighted by Crippen LogP contribution is 2.20. The number of benzene rings is 1. The van der Waals surface area contributed by atoms with Crippen LogP contribution in [0.25, 0.3) is 0 Å². The fourth-order valence-electron chi connectivity index (χ4n) is 2.26. The van der Waals surface area contributed by atoms with Gasteiger partial charge in [-0.2, -0.15) is 0 Å². The van der Waals surface area contributed by atoms with Gasteiger partial charge < -0.3 is 14.6 Å². The van der Waals surface area contributed by atoms with Crippen molar-refractivity contribution >= 4 is 12.0 Å². The molecule has 114 valence electrons. The number of hydrogen-bond acceptors (Lipinski definition) is 3. The molecule has 1 heterocycles. The Balaban J connectivity index is 0.000000641. The summed E-state index contributed by atoms with van der Waals surface area (Å²) in [5.74, 6) is 0. The largest absolute Gasteiger partial charge is 0.372 e. The number of carbonyl (C=O) groups is 1. The summed E-state index contributed by atoms with van der Waals surface area (Å²) < 4.78 is 0. The first-order chi connectivity index (χ1) is 9.69. The van der Waals surface area contributed by atoms with Crippen LogP contribution in [0.2, 0.25) is 0 Å². The van der Waals surface area contributed by atoms with Crippen LogP contribution in [0.5, 0.6) is 0 Å². The normalized spacial score (nSPS) is 15.2. The Kier molecular flexibility index (Phi) is 10.7. The first-order valence-corrected chi connectivity index (χ1v) is 7.55. The van der Waals surface area contributed by atoms with Gasteiger partial charge in [0.2, 0.25) is 0 Å². The zero-order chi connectivity index (χ0) is 15.4. The van der Waals surface area contributed by atoms with Crippen LogP contribution in [-0.2, 0) is 4.79 Å². The van der Waals surface area contributed by atoms with E-state index in [9.17, 15) is 0 Å². The van der Waals surface area contributed by atoms with E-state index in [2.05, 4.69) is 54.2 Å². The van der Waals surface area contributed by atoms with Crippen molar-refractivity contribution < 1.29 is 4.79 Å². The van der Waals surface area contributed by atoms with E-state index in [0.29, 0.717) is 6.04 Å². The number of nitrogens with zero attached hydrogens (tertiary/aromatic N) is 2. The lowest BCUT2D eigenvalue weighted by Crippen LogP contribution is -2.41. The summed E-state index contributed by atoms with van der Waals surface area (Å²) in [5.41, 5.74) is 1.34. The van der Waals surface area contributed by atoms with Crippen molar-refractivity contribution in [3.05, 3.63) is 30.3 Å². The molecule has 0 atom stereocenters. The van der Waals surface area contributed by atoms with Crippen molar-refractivity contribution in [1.82, 2.24) is 4.90 Å². The quantitative estimate of drug-likeness (QED) is 0.774. The highest BCUT2D eigenvalue weighted by molar-refractivity contribution is 5.46. The van der Waals surface area contributed by atoms with Crippen LogP contribution in [0.4, 0.5) is 5.69 Å². The minimum atomic E-state index is 0.712. The van der Waals surface area contributed by atoms with Gasteiger partial charge in [-0.25, -0.2) is 0 Å². The summed E-state index contributed by atoms with van der Waals surface area (Å²) in [7, 11) is 4.42. The number of para-hydroxylation sites is 1. The average Bonchev–Trinajstić information content (AvgIpc) is 2.51. The molecule has 0 bridgehead atoms. The molecule has 0 unspecified atom stereocenters. The van der Waals surface area contributed by atoms with Crippen molar-refractivity contribution in [3.8, 4) is 0 Å². The number of piperidine rings is 1. The van der Waals surface area contributed by atoms with E-state index in [4.69, 9.17) is 4.79 Å². The lowest BCUT2D eigenvalue weighted by atomic mass is 10.0. The molecule has 2 rings (SSSR count). The van der Waals surface area contributed by atoms with E-state index >= 15 is 0 Å². The van der Waals surface area contributed by atoms with E-state index in [0.717, 1.165) is 6.29 Å². The van der Waals surface area contributed by atoms with E-state index in [-0.39, 0.29) is 0 Å². The molecule has 0 aromatic heterocycles. The van der Waals surface area contributed by atoms with Gasteiger partial charge in [-0.15, -0.1) is 0 Å². The second-order valence-corrected chi connectivity index (χ2v) is 4.72. The number of hydrogen-bond donors (Lipinski definition) is 0. The molecule has 1 saturated heterocycles. The Morgan fingerprint density at radius 2 is 1.60 bits per heavy atom. The highest BCUT2D eigenvalue weighted by atomic mass is 16.1. The van der Waals surface area contributed by atoms with E-state index in [1.165, 1.54) is 38.5 Å². The van der Waals surface area contributed by atoms with Crippen LogP contribution >= 0.6 is 0 Å². The van der Waals surface area contributed by atoms with Gasteiger partial charge in [0, 0.05) is 18.8 Å². The first-order valence-electron chi connectivity index (χ1n) is 7.55. The molecule has 3 heteroatoms. The molecule has 3 nitrogen and oxygen atoms in total. The van der Waals surface area contributed by atoms with Crippen LogP contribution in [0, 0.1) is 0 Å². The zero-order valence-electron chi connectivity index (χ0n) is 13.7. The SMILES string of the molecule is CC.CC=O.CN1CCC(N(C)c2ccccc2)CC1. The van der Waals surface area contributed by atoms with Gasteiger partial charge in [0.05, 0.1) is 0 Å². The third kappa shape index (κ3) is 6.71. The van der Waals surface area contributed by atoms with Gasteiger partial charge in [-0.1, -0.05) is 32.0 Å². The van der Waals surface area contributed by atoms with Crippen molar-refractivity contribution in [3.63, 3.8) is 0 Å². The summed E-state index contributed by atoms with van der Waals surface area (Å²) in [6.07, 6.45) is 3.31. The number of carbonyl (C=O) groups excluding carboxylic acids is 1. The smallest absolute Gasteiger partial charge is 0.116 e. The van der Waals surface area contributed by atoms with E-state index in [1.807, 2.05) is 13.8 Å². The Morgan fingerprint density at radius 1 is 1.15 bits per heavy atom. The molecule has 0 radical (unpaired) electrons. The van der Waals surface area contributed by atoms with Gasteiger partial charge in [0.25, 0.3) is 0 Å². The number of likely N-dealkylation sites (tertiary alicyclic amines) is 1. The minimum absolute atomic E-state index is 0.712. The fraction of sp³-hybridized carbons (Fsp3) is 0.588. The zero-order valence-corrected chi connectivity index (χ0v) is 13.7. The predicted molar refractivity (Wildman–Crippen MR) is 88.5 cm³/mol. The summed E-state index contributed by atoms with van der Waals surface area (Å²) >= 11 is 0. The third-order valence-corrected chi connectivity index (χ3v) is 3.40. The molecule has 1 aliphatic rings. The molecule has 1 aromatic rings. The third-order valence-electron chi connectivity index (χ3n) is 3.40. The number of anilines is 1. The molecule has 0 N–H and O–H groups in total. The topological polar surface area (TPSA) is 23.6 Å². The van der Waals surface area contributed by atoms with E-state index in [1.54, 1.807) is 0 Å². The average molecular weight is 278 g/mol. The maximum Gasteiger partial charge on any atom is 0.116 e. The summed E-state index contributed by atoms with van der Waals surface area (Å²) in [6.45, 7) is 7.89. The molecule has 0 spiro atoms.